The van der Waals surface area contributed by atoms with Gasteiger partial charge < -0.3 is 9.84 Å². The standard InChI is InChI=1S/C10H17NO4.Na.H/c1-2-3-7-15-10(14)11-6-4-5-8(11)9(12)13;;/h8H,2-7H2,1H3,(H,12,13);;/t8-;;/m0../s1. The molecule has 1 aliphatic heterocycles. The summed E-state index contributed by atoms with van der Waals surface area (Å²) in [6.45, 7) is 2.86. The zero-order valence-corrected chi connectivity index (χ0v) is 8.94. The van der Waals surface area contributed by atoms with E-state index in [1.54, 1.807) is 0 Å². The van der Waals surface area contributed by atoms with E-state index < -0.39 is 18.1 Å². The van der Waals surface area contributed by atoms with Crippen molar-refractivity contribution in [2.75, 3.05) is 13.2 Å². The van der Waals surface area contributed by atoms with Gasteiger partial charge in [-0.15, -0.1) is 0 Å². The number of nitrogens with zero attached hydrogens (tertiary/aromatic N) is 1. The van der Waals surface area contributed by atoms with Crippen molar-refractivity contribution in [3.8, 4) is 0 Å². The van der Waals surface area contributed by atoms with Crippen LogP contribution < -0.4 is 0 Å². The third kappa shape index (κ3) is 4.31. The minimum atomic E-state index is -0.944. The normalized spacial score (nSPS) is 19.1. The predicted molar refractivity (Wildman–Crippen MR) is 60.8 cm³/mol. The molecule has 1 aliphatic rings. The van der Waals surface area contributed by atoms with Gasteiger partial charge in [0.1, 0.15) is 6.04 Å². The fourth-order valence-corrected chi connectivity index (χ4v) is 1.63. The first-order chi connectivity index (χ1) is 7.16. The Hall–Kier alpha value is -0.260. The van der Waals surface area contributed by atoms with Crippen LogP contribution in [0.3, 0.4) is 0 Å². The zero-order valence-electron chi connectivity index (χ0n) is 8.94. The summed E-state index contributed by atoms with van der Waals surface area (Å²) >= 11 is 0. The third-order valence-electron chi connectivity index (χ3n) is 2.50. The second kappa shape index (κ2) is 7.92. The van der Waals surface area contributed by atoms with Gasteiger partial charge in [0.05, 0.1) is 6.61 Å². The van der Waals surface area contributed by atoms with Gasteiger partial charge in [0.2, 0.25) is 0 Å². The molecular weight excluding hydrogens is 221 g/mol. The van der Waals surface area contributed by atoms with Gasteiger partial charge in [0, 0.05) is 6.54 Å². The molecule has 1 atom stereocenters. The van der Waals surface area contributed by atoms with Crippen LogP contribution in [0.2, 0.25) is 0 Å². The summed E-state index contributed by atoms with van der Waals surface area (Å²) in [6.07, 6.45) is 2.54. The van der Waals surface area contributed by atoms with Crippen LogP contribution in [0.1, 0.15) is 32.6 Å². The fraction of sp³-hybridized carbons (Fsp3) is 0.800. The second-order valence-electron chi connectivity index (χ2n) is 3.66. The van der Waals surface area contributed by atoms with Crippen molar-refractivity contribution in [2.24, 2.45) is 0 Å². The number of carbonyl (C=O) groups excluding carboxylic acids is 1. The fourth-order valence-electron chi connectivity index (χ4n) is 1.63. The van der Waals surface area contributed by atoms with E-state index in [2.05, 4.69) is 0 Å². The average molecular weight is 239 g/mol. The van der Waals surface area contributed by atoms with E-state index >= 15 is 0 Å². The van der Waals surface area contributed by atoms with Crippen LogP contribution in [-0.4, -0.2) is 70.8 Å². The molecule has 0 unspecified atom stereocenters. The number of carbonyl (C=O) groups is 2. The van der Waals surface area contributed by atoms with E-state index in [-0.39, 0.29) is 29.6 Å². The number of hydrogen-bond donors (Lipinski definition) is 1. The Morgan fingerprint density at radius 2 is 2.19 bits per heavy atom. The first-order valence-corrected chi connectivity index (χ1v) is 5.33. The number of carboxylic acid groups (broad SMARTS) is 1. The van der Waals surface area contributed by atoms with Crippen molar-refractivity contribution in [3.63, 3.8) is 0 Å². The molecule has 1 N–H and O–H groups in total. The average Bonchev–Trinajstić information content (AvgIpc) is 2.66. The van der Waals surface area contributed by atoms with Gasteiger partial charge in [-0.05, 0) is 19.3 Å². The summed E-state index contributed by atoms with van der Waals surface area (Å²) in [4.78, 5) is 23.6. The number of amides is 1. The van der Waals surface area contributed by atoms with Crippen LogP contribution in [0.15, 0.2) is 0 Å². The van der Waals surface area contributed by atoms with E-state index in [1.165, 1.54) is 4.90 Å². The molecule has 6 heteroatoms. The molecule has 16 heavy (non-hydrogen) atoms. The second-order valence-corrected chi connectivity index (χ2v) is 3.66. The summed E-state index contributed by atoms with van der Waals surface area (Å²) in [6, 6.07) is -0.695. The van der Waals surface area contributed by atoms with Crippen molar-refractivity contribution < 1.29 is 19.4 Å². The number of rotatable bonds is 4. The Bertz CT molecular complexity index is 247. The Morgan fingerprint density at radius 3 is 2.75 bits per heavy atom. The molecule has 0 bridgehead atoms. The molecule has 5 nitrogen and oxygen atoms in total. The Labute approximate surface area is 117 Å². The van der Waals surface area contributed by atoms with Gasteiger partial charge in [-0.3, -0.25) is 4.90 Å². The van der Waals surface area contributed by atoms with Crippen LogP contribution in [0, 0.1) is 0 Å². The summed E-state index contributed by atoms with van der Waals surface area (Å²) in [5.74, 6) is -0.944. The Kier molecular flexibility index (Phi) is 7.80. The molecule has 1 rings (SSSR count). The first-order valence-electron chi connectivity index (χ1n) is 5.33. The van der Waals surface area contributed by atoms with E-state index in [0.29, 0.717) is 19.6 Å². The number of hydrogen-bond acceptors (Lipinski definition) is 3. The van der Waals surface area contributed by atoms with Crippen molar-refractivity contribution >= 4 is 41.6 Å². The van der Waals surface area contributed by atoms with Crippen LogP contribution in [-0.2, 0) is 9.53 Å². The van der Waals surface area contributed by atoms with Gasteiger partial charge in [-0.1, -0.05) is 13.3 Å². The third-order valence-corrected chi connectivity index (χ3v) is 2.50. The number of likely N-dealkylation sites (tertiary alicyclic amines) is 1. The molecular formula is C10H18NNaO4. The van der Waals surface area contributed by atoms with E-state index in [4.69, 9.17) is 9.84 Å². The molecule has 0 saturated carbocycles. The monoisotopic (exact) mass is 239 g/mol. The van der Waals surface area contributed by atoms with Gasteiger partial charge >= 0.3 is 41.6 Å². The number of unbranched alkanes of at least 4 members (excludes halogenated alkanes) is 1. The Morgan fingerprint density at radius 1 is 1.50 bits per heavy atom. The maximum absolute atomic E-state index is 11.5. The quantitative estimate of drug-likeness (QED) is 0.582. The first kappa shape index (κ1) is 15.7. The molecule has 1 amide bonds. The van der Waals surface area contributed by atoms with Crippen molar-refractivity contribution in [1.29, 1.82) is 0 Å². The molecule has 0 aromatic carbocycles. The van der Waals surface area contributed by atoms with Crippen molar-refractivity contribution in [3.05, 3.63) is 0 Å². The van der Waals surface area contributed by atoms with Crippen LogP contribution in [0.4, 0.5) is 4.79 Å². The van der Waals surface area contributed by atoms with Crippen molar-refractivity contribution in [1.82, 2.24) is 4.90 Å². The predicted octanol–water partition coefficient (Wildman–Crippen LogP) is 0.824. The molecule has 1 saturated heterocycles. The SMILES string of the molecule is CCCCOC(=O)N1CCC[C@H]1C(=O)O.[NaH]. The van der Waals surface area contributed by atoms with Crippen molar-refractivity contribution in [2.45, 2.75) is 38.6 Å². The van der Waals surface area contributed by atoms with E-state index in [9.17, 15) is 9.59 Å². The molecule has 0 aliphatic carbocycles. The molecule has 0 aromatic heterocycles. The molecule has 0 spiro atoms. The van der Waals surface area contributed by atoms with Crippen LogP contribution >= 0.6 is 0 Å². The summed E-state index contributed by atoms with van der Waals surface area (Å²) in [5, 5.41) is 8.85. The molecule has 1 fully saturated rings. The number of aliphatic carboxylic acids is 1. The van der Waals surface area contributed by atoms with Gasteiger partial charge in [-0.25, -0.2) is 9.59 Å². The number of carboxylic acids is 1. The minimum absolute atomic E-state index is 0. The summed E-state index contributed by atoms with van der Waals surface area (Å²) in [7, 11) is 0. The molecule has 88 valence electrons. The van der Waals surface area contributed by atoms with Crippen LogP contribution in [0.5, 0.6) is 0 Å². The van der Waals surface area contributed by atoms with E-state index in [1.807, 2.05) is 6.92 Å². The maximum atomic E-state index is 11.5. The van der Waals surface area contributed by atoms with Gasteiger partial charge in [0.15, 0.2) is 0 Å². The van der Waals surface area contributed by atoms with Crippen LogP contribution in [0.25, 0.3) is 0 Å². The topological polar surface area (TPSA) is 66.8 Å². The zero-order chi connectivity index (χ0) is 11.3. The van der Waals surface area contributed by atoms with E-state index in [0.717, 1.165) is 19.3 Å². The molecule has 1 heterocycles. The Balaban J connectivity index is 0.00000225. The molecule has 0 aromatic rings. The molecule has 0 radical (unpaired) electrons. The number of ether oxygens (including phenoxy) is 1. The van der Waals surface area contributed by atoms with Gasteiger partial charge in [-0.2, -0.15) is 0 Å². The van der Waals surface area contributed by atoms with Gasteiger partial charge in [0.25, 0.3) is 0 Å². The summed E-state index contributed by atoms with van der Waals surface area (Å²) < 4.78 is 4.97. The summed E-state index contributed by atoms with van der Waals surface area (Å²) in [5.41, 5.74) is 0.